The Labute approximate surface area is 153 Å². The molecule has 1 amide bonds. The van der Waals surface area contributed by atoms with Gasteiger partial charge >= 0.3 is 6.18 Å². The maximum absolute atomic E-state index is 13.6. The predicted octanol–water partition coefficient (Wildman–Crippen LogP) is 3.94. The fourth-order valence-corrected chi connectivity index (χ4v) is 2.28. The van der Waals surface area contributed by atoms with Gasteiger partial charge in [0, 0.05) is 36.3 Å². The van der Waals surface area contributed by atoms with Gasteiger partial charge in [0.05, 0.1) is 5.56 Å². The molecule has 2 aromatic rings. The lowest BCUT2D eigenvalue weighted by Gasteiger charge is -2.10. The van der Waals surface area contributed by atoms with E-state index >= 15 is 0 Å². The highest BCUT2D eigenvalue weighted by Crippen LogP contribution is 2.31. The van der Waals surface area contributed by atoms with Crippen LogP contribution < -0.4 is 5.32 Å². The van der Waals surface area contributed by atoms with E-state index in [-0.39, 0.29) is 35.8 Å². The van der Waals surface area contributed by atoms with Gasteiger partial charge in [0.2, 0.25) is 0 Å². The molecule has 0 aliphatic rings. The molecule has 27 heavy (non-hydrogen) atoms. The zero-order chi connectivity index (χ0) is 20.2. The third kappa shape index (κ3) is 5.60. The molecular formula is C19H18F4N2O2. The monoisotopic (exact) mass is 382 g/mol. The van der Waals surface area contributed by atoms with E-state index in [1.54, 1.807) is 13.8 Å². The van der Waals surface area contributed by atoms with Crippen LogP contribution in [0.4, 0.5) is 17.6 Å². The van der Waals surface area contributed by atoms with Crippen molar-refractivity contribution in [2.45, 2.75) is 33.0 Å². The average Bonchev–Trinajstić information content (AvgIpc) is 2.58. The largest absolute Gasteiger partial charge is 0.419 e. The number of carbonyl (C=O) groups excluding carboxylic acids is 2. The summed E-state index contributed by atoms with van der Waals surface area (Å²) in [7, 11) is 0. The molecule has 8 heteroatoms. The number of alkyl halides is 3. The van der Waals surface area contributed by atoms with E-state index in [4.69, 9.17) is 0 Å². The first-order valence-electron chi connectivity index (χ1n) is 8.19. The van der Waals surface area contributed by atoms with Crippen LogP contribution in [0.1, 0.15) is 41.0 Å². The second kappa shape index (κ2) is 8.28. The van der Waals surface area contributed by atoms with Crippen LogP contribution in [0.5, 0.6) is 0 Å². The Kier molecular flexibility index (Phi) is 6.30. The number of halogens is 4. The van der Waals surface area contributed by atoms with Crippen molar-refractivity contribution in [1.29, 1.82) is 0 Å². The van der Waals surface area contributed by atoms with Crippen molar-refractivity contribution in [3.05, 3.63) is 64.7 Å². The molecular weight excluding hydrogens is 364 g/mol. The number of amides is 1. The first-order valence-corrected chi connectivity index (χ1v) is 8.19. The number of rotatable bonds is 6. The van der Waals surface area contributed by atoms with Gasteiger partial charge in [-0.1, -0.05) is 19.9 Å². The lowest BCUT2D eigenvalue weighted by Crippen LogP contribution is -2.23. The van der Waals surface area contributed by atoms with Crippen molar-refractivity contribution >= 4 is 11.7 Å². The van der Waals surface area contributed by atoms with Crippen LogP contribution in [-0.2, 0) is 23.9 Å². The summed E-state index contributed by atoms with van der Waals surface area (Å²) in [4.78, 5) is 28.0. The van der Waals surface area contributed by atoms with Crippen molar-refractivity contribution in [3.8, 4) is 0 Å². The van der Waals surface area contributed by atoms with Gasteiger partial charge in [0.15, 0.2) is 0 Å². The summed E-state index contributed by atoms with van der Waals surface area (Å²) < 4.78 is 51.2. The lowest BCUT2D eigenvalue weighted by molar-refractivity contribution is -0.140. The molecule has 2 rings (SSSR count). The van der Waals surface area contributed by atoms with Crippen molar-refractivity contribution < 1.29 is 27.2 Å². The number of pyridine rings is 1. The number of aromatic nitrogens is 1. The van der Waals surface area contributed by atoms with Gasteiger partial charge in [-0.05, 0) is 29.8 Å². The number of hydrogen-bond donors (Lipinski definition) is 1. The maximum Gasteiger partial charge on any atom is 0.419 e. The van der Waals surface area contributed by atoms with Crippen LogP contribution >= 0.6 is 0 Å². The van der Waals surface area contributed by atoms with Gasteiger partial charge in [-0.15, -0.1) is 0 Å². The molecule has 4 nitrogen and oxygen atoms in total. The Morgan fingerprint density at radius 1 is 1.15 bits per heavy atom. The molecule has 0 saturated heterocycles. The fourth-order valence-electron chi connectivity index (χ4n) is 2.28. The molecule has 1 aromatic heterocycles. The van der Waals surface area contributed by atoms with Crippen LogP contribution in [0.3, 0.4) is 0 Å². The Hall–Kier alpha value is -2.77. The molecule has 0 fully saturated rings. The Morgan fingerprint density at radius 2 is 1.85 bits per heavy atom. The molecule has 0 aliphatic heterocycles. The predicted molar refractivity (Wildman–Crippen MR) is 90.4 cm³/mol. The SMILES string of the molecule is CC(C)C(=O)Cc1cc(C(=O)NCc2ccc(C(F)(F)F)c(F)c2)ccn1. The molecule has 0 aliphatic carbocycles. The maximum atomic E-state index is 13.6. The summed E-state index contributed by atoms with van der Waals surface area (Å²) in [5.74, 6) is -2.07. The van der Waals surface area contributed by atoms with Gasteiger partial charge in [0.1, 0.15) is 11.6 Å². The normalized spacial score (nSPS) is 11.5. The van der Waals surface area contributed by atoms with Gasteiger partial charge in [-0.2, -0.15) is 13.2 Å². The fraction of sp³-hybridized carbons (Fsp3) is 0.316. The summed E-state index contributed by atoms with van der Waals surface area (Å²) in [6, 6.07) is 5.40. The van der Waals surface area contributed by atoms with E-state index in [0.29, 0.717) is 11.8 Å². The minimum atomic E-state index is -4.77. The minimum Gasteiger partial charge on any atom is -0.348 e. The molecule has 0 spiro atoms. The van der Waals surface area contributed by atoms with Crippen LogP contribution in [0.25, 0.3) is 0 Å². The van der Waals surface area contributed by atoms with E-state index in [0.717, 1.165) is 12.1 Å². The summed E-state index contributed by atoms with van der Waals surface area (Å²) in [6.45, 7) is 3.39. The third-order valence-electron chi connectivity index (χ3n) is 3.87. The lowest BCUT2D eigenvalue weighted by atomic mass is 10.0. The van der Waals surface area contributed by atoms with E-state index in [1.807, 2.05) is 0 Å². The molecule has 0 bridgehead atoms. The molecule has 1 heterocycles. The van der Waals surface area contributed by atoms with Gasteiger partial charge < -0.3 is 5.32 Å². The summed E-state index contributed by atoms with van der Waals surface area (Å²) in [5, 5.41) is 2.50. The van der Waals surface area contributed by atoms with Gasteiger partial charge in [0.25, 0.3) is 5.91 Å². The number of carbonyl (C=O) groups is 2. The van der Waals surface area contributed by atoms with E-state index < -0.39 is 23.5 Å². The van der Waals surface area contributed by atoms with Gasteiger partial charge in [-0.25, -0.2) is 4.39 Å². The zero-order valence-electron chi connectivity index (χ0n) is 14.7. The van der Waals surface area contributed by atoms with Crippen molar-refractivity contribution in [2.24, 2.45) is 5.92 Å². The Balaban J connectivity index is 2.04. The zero-order valence-corrected chi connectivity index (χ0v) is 14.7. The molecule has 1 N–H and O–H groups in total. The smallest absolute Gasteiger partial charge is 0.348 e. The number of hydrogen-bond acceptors (Lipinski definition) is 3. The van der Waals surface area contributed by atoms with E-state index in [9.17, 15) is 27.2 Å². The Bertz CT molecular complexity index is 848. The van der Waals surface area contributed by atoms with Crippen molar-refractivity contribution in [1.82, 2.24) is 10.3 Å². The standard InChI is InChI=1S/C19H18F4N2O2/c1-11(2)17(26)9-14-8-13(5-6-24-14)18(27)25-10-12-3-4-15(16(20)7-12)19(21,22)23/h3-8,11H,9-10H2,1-2H3,(H,25,27). The first-order chi connectivity index (χ1) is 12.6. The average molecular weight is 382 g/mol. The topological polar surface area (TPSA) is 59.1 Å². The molecule has 0 unspecified atom stereocenters. The summed E-state index contributed by atoms with van der Waals surface area (Å²) >= 11 is 0. The quantitative estimate of drug-likeness (QED) is 0.770. The number of benzene rings is 1. The summed E-state index contributed by atoms with van der Waals surface area (Å²) in [5.41, 5.74) is -0.463. The van der Waals surface area contributed by atoms with E-state index in [2.05, 4.69) is 10.3 Å². The minimum absolute atomic E-state index is 0.0136. The van der Waals surface area contributed by atoms with Crippen LogP contribution in [0.15, 0.2) is 36.5 Å². The highest BCUT2D eigenvalue weighted by atomic mass is 19.4. The third-order valence-corrected chi connectivity index (χ3v) is 3.87. The number of Topliss-reactive ketones (excluding diaryl/α,β-unsaturated/α-hetero) is 1. The number of ketones is 1. The van der Waals surface area contributed by atoms with Crippen molar-refractivity contribution in [3.63, 3.8) is 0 Å². The second-order valence-electron chi connectivity index (χ2n) is 6.33. The van der Waals surface area contributed by atoms with Crippen LogP contribution in [0.2, 0.25) is 0 Å². The highest BCUT2D eigenvalue weighted by Gasteiger charge is 2.33. The molecule has 0 radical (unpaired) electrons. The highest BCUT2D eigenvalue weighted by molar-refractivity contribution is 5.94. The van der Waals surface area contributed by atoms with E-state index in [1.165, 1.54) is 18.3 Å². The molecule has 144 valence electrons. The molecule has 0 saturated carbocycles. The van der Waals surface area contributed by atoms with Crippen molar-refractivity contribution in [2.75, 3.05) is 0 Å². The Morgan fingerprint density at radius 3 is 2.44 bits per heavy atom. The second-order valence-corrected chi connectivity index (χ2v) is 6.33. The number of nitrogens with one attached hydrogen (secondary N) is 1. The van der Waals surface area contributed by atoms with Gasteiger partial charge in [-0.3, -0.25) is 14.6 Å². The molecule has 1 aromatic carbocycles. The number of nitrogens with zero attached hydrogens (tertiary/aromatic N) is 1. The van der Waals surface area contributed by atoms with Crippen LogP contribution in [0, 0.1) is 11.7 Å². The summed E-state index contributed by atoms with van der Waals surface area (Å²) in [6.07, 6.45) is -3.27. The first kappa shape index (κ1) is 20.5. The van der Waals surface area contributed by atoms with Crippen LogP contribution in [-0.4, -0.2) is 16.7 Å². The molecule has 0 atom stereocenters.